The van der Waals surface area contributed by atoms with E-state index in [1.165, 1.54) is 26.2 Å². The van der Waals surface area contributed by atoms with Gasteiger partial charge in [-0.1, -0.05) is 12.1 Å². The van der Waals surface area contributed by atoms with Crippen molar-refractivity contribution in [3.8, 4) is 0 Å². The lowest BCUT2D eigenvalue weighted by Crippen LogP contribution is -2.43. The van der Waals surface area contributed by atoms with Gasteiger partial charge in [0.15, 0.2) is 5.78 Å². The van der Waals surface area contributed by atoms with Crippen molar-refractivity contribution >= 4 is 11.6 Å². The van der Waals surface area contributed by atoms with E-state index in [0.29, 0.717) is 5.56 Å². The van der Waals surface area contributed by atoms with Gasteiger partial charge >= 0.3 is 11.9 Å². The van der Waals surface area contributed by atoms with Crippen LogP contribution in [-0.4, -0.2) is 32.4 Å². The molecule has 1 aromatic heterocycles. The molecule has 1 aromatic carbocycles. The van der Waals surface area contributed by atoms with E-state index < -0.39 is 28.8 Å². The van der Waals surface area contributed by atoms with Gasteiger partial charge in [0.05, 0.1) is 12.1 Å². The highest BCUT2D eigenvalue weighted by Crippen LogP contribution is 2.31. The number of Topliss-reactive ketones (excluding diaryl/α,β-unsaturated/α-hetero) is 1. The van der Waals surface area contributed by atoms with Gasteiger partial charge in [0, 0.05) is 26.7 Å². The summed E-state index contributed by atoms with van der Waals surface area (Å²) in [7, 11) is 2.64. The average Bonchev–Trinajstić information content (AvgIpc) is 3.49. The predicted octanol–water partition coefficient (Wildman–Crippen LogP) is 1.53. The Balaban J connectivity index is 1.83. The molecule has 0 aliphatic heterocycles. The van der Waals surface area contributed by atoms with Crippen LogP contribution in [0.5, 0.6) is 0 Å². The molecule has 7 nitrogen and oxygen atoms in total. The van der Waals surface area contributed by atoms with Gasteiger partial charge in [-0.05, 0) is 30.5 Å². The first kappa shape index (κ1) is 20.8. The molecule has 1 aliphatic rings. The molecule has 2 aromatic rings. The second kappa shape index (κ2) is 7.51. The normalized spacial score (nSPS) is 14.4. The van der Waals surface area contributed by atoms with Gasteiger partial charge < -0.3 is 5.73 Å². The largest absolute Gasteiger partial charge is 0.416 e. The van der Waals surface area contributed by atoms with Gasteiger partial charge in [0.25, 0.3) is 5.56 Å². The molecule has 0 spiro atoms. The third-order valence-corrected chi connectivity index (χ3v) is 5.07. The highest BCUT2D eigenvalue weighted by atomic mass is 19.4. The summed E-state index contributed by atoms with van der Waals surface area (Å²) >= 11 is 0. The van der Waals surface area contributed by atoms with Gasteiger partial charge in [0.2, 0.25) is 0 Å². The Morgan fingerprint density at radius 1 is 1.14 bits per heavy atom. The van der Waals surface area contributed by atoms with Crippen molar-refractivity contribution in [3.05, 3.63) is 61.8 Å². The Kier molecular flexibility index (Phi) is 5.40. The molecule has 3 rings (SSSR count). The fraction of sp³-hybridized carbons (Fsp3) is 0.421. The first-order valence-electron chi connectivity index (χ1n) is 8.99. The van der Waals surface area contributed by atoms with E-state index >= 15 is 0 Å². The first-order chi connectivity index (χ1) is 13.5. The third-order valence-electron chi connectivity index (χ3n) is 5.07. The van der Waals surface area contributed by atoms with Crippen LogP contribution in [0.1, 0.15) is 34.3 Å². The van der Waals surface area contributed by atoms with E-state index in [-0.39, 0.29) is 30.5 Å². The van der Waals surface area contributed by atoms with Gasteiger partial charge in [-0.3, -0.25) is 23.6 Å². The molecule has 2 N–H and O–H groups in total. The molecular weight excluding hydrogens is 389 g/mol. The van der Waals surface area contributed by atoms with Gasteiger partial charge in [0.1, 0.15) is 11.4 Å². The highest BCUT2D eigenvalue weighted by Gasteiger charge is 2.33. The Hall–Kier alpha value is -2.88. The van der Waals surface area contributed by atoms with Crippen LogP contribution in [0.3, 0.4) is 0 Å². The smallest absolute Gasteiger partial charge is 0.384 e. The van der Waals surface area contributed by atoms with E-state index in [1.807, 2.05) is 4.90 Å². The fourth-order valence-corrected chi connectivity index (χ4v) is 3.17. The molecule has 1 heterocycles. The van der Waals surface area contributed by atoms with Crippen molar-refractivity contribution in [2.45, 2.75) is 31.6 Å². The standard InChI is InChI=1S/C19H21F3N4O3/c1-24-16(23)15(17(28)25(2)18(24)29)14(27)10-26(13-7-8-13)9-11-3-5-12(6-4-11)19(20,21)22/h3-6,13H,7-10,23H2,1-2H3. The zero-order valence-corrected chi connectivity index (χ0v) is 16.0. The molecular formula is C19H21F3N4O3. The number of alkyl halides is 3. The number of nitrogen functional groups attached to an aromatic ring is 1. The number of benzene rings is 1. The molecule has 1 fully saturated rings. The maximum Gasteiger partial charge on any atom is 0.416 e. The molecule has 0 atom stereocenters. The van der Waals surface area contributed by atoms with Crippen LogP contribution >= 0.6 is 0 Å². The molecule has 0 saturated heterocycles. The number of nitrogens with zero attached hydrogens (tertiary/aromatic N) is 3. The van der Waals surface area contributed by atoms with E-state index in [9.17, 15) is 27.6 Å². The molecule has 156 valence electrons. The van der Waals surface area contributed by atoms with Crippen LogP contribution in [-0.2, 0) is 26.8 Å². The van der Waals surface area contributed by atoms with Crippen LogP contribution in [0.2, 0.25) is 0 Å². The second-order valence-electron chi connectivity index (χ2n) is 7.22. The first-order valence-corrected chi connectivity index (χ1v) is 8.99. The minimum Gasteiger partial charge on any atom is -0.384 e. The monoisotopic (exact) mass is 410 g/mol. The zero-order valence-electron chi connectivity index (χ0n) is 16.0. The van der Waals surface area contributed by atoms with Crippen molar-refractivity contribution < 1.29 is 18.0 Å². The summed E-state index contributed by atoms with van der Waals surface area (Å²) in [5.74, 6) is -0.731. The lowest BCUT2D eigenvalue weighted by Gasteiger charge is -2.22. The maximum atomic E-state index is 12.8. The SMILES string of the molecule is Cn1c(N)c(C(=O)CN(Cc2ccc(C(F)(F)F)cc2)C2CC2)c(=O)n(C)c1=O. The number of anilines is 1. The summed E-state index contributed by atoms with van der Waals surface area (Å²) in [6, 6.07) is 4.87. The topological polar surface area (TPSA) is 90.3 Å². The Bertz CT molecular complexity index is 1050. The van der Waals surface area contributed by atoms with Crippen LogP contribution in [0.4, 0.5) is 19.0 Å². The lowest BCUT2D eigenvalue weighted by atomic mass is 10.1. The summed E-state index contributed by atoms with van der Waals surface area (Å²) in [5, 5.41) is 0. The summed E-state index contributed by atoms with van der Waals surface area (Å²) in [4.78, 5) is 38.9. The number of hydrogen-bond donors (Lipinski definition) is 1. The lowest BCUT2D eigenvalue weighted by molar-refractivity contribution is -0.137. The van der Waals surface area contributed by atoms with Crippen LogP contribution in [0.25, 0.3) is 0 Å². The number of nitrogens with two attached hydrogens (primary N) is 1. The van der Waals surface area contributed by atoms with Crippen LogP contribution in [0, 0.1) is 0 Å². The van der Waals surface area contributed by atoms with Crippen LogP contribution < -0.4 is 17.0 Å². The fourth-order valence-electron chi connectivity index (χ4n) is 3.17. The molecule has 29 heavy (non-hydrogen) atoms. The molecule has 0 radical (unpaired) electrons. The second-order valence-corrected chi connectivity index (χ2v) is 7.22. The van der Waals surface area contributed by atoms with Gasteiger partial charge in [-0.2, -0.15) is 13.2 Å². The average molecular weight is 410 g/mol. The minimum absolute atomic E-state index is 0.110. The van der Waals surface area contributed by atoms with Gasteiger partial charge in [-0.15, -0.1) is 0 Å². The molecule has 1 aliphatic carbocycles. The molecule has 1 saturated carbocycles. The Morgan fingerprint density at radius 2 is 1.72 bits per heavy atom. The number of hydrogen-bond acceptors (Lipinski definition) is 5. The quantitative estimate of drug-likeness (QED) is 0.730. The van der Waals surface area contributed by atoms with Gasteiger partial charge in [-0.25, -0.2) is 4.79 Å². The minimum atomic E-state index is -4.41. The number of rotatable bonds is 6. The van der Waals surface area contributed by atoms with E-state index in [4.69, 9.17) is 5.73 Å². The van der Waals surface area contributed by atoms with Crippen LogP contribution in [0.15, 0.2) is 33.9 Å². The van der Waals surface area contributed by atoms with Crippen molar-refractivity contribution in [1.29, 1.82) is 0 Å². The van der Waals surface area contributed by atoms with E-state index in [1.54, 1.807) is 0 Å². The summed E-state index contributed by atoms with van der Waals surface area (Å²) in [6.45, 7) is 0.143. The molecule has 0 bridgehead atoms. The summed E-state index contributed by atoms with van der Waals surface area (Å²) in [6.07, 6.45) is -2.70. The third kappa shape index (κ3) is 4.26. The summed E-state index contributed by atoms with van der Waals surface area (Å²) in [5.41, 5.74) is 4.07. The van der Waals surface area contributed by atoms with Crippen molar-refractivity contribution in [2.24, 2.45) is 14.1 Å². The number of carbonyl (C=O) groups excluding carboxylic acids is 1. The van der Waals surface area contributed by atoms with Crippen molar-refractivity contribution in [2.75, 3.05) is 12.3 Å². The number of ketones is 1. The van der Waals surface area contributed by atoms with Crippen molar-refractivity contribution in [1.82, 2.24) is 14.0 Å². The van der Waals surface area contributed by atoms with Crippen molar-refractivity contribution in [3.63, 3.8) is 0 Å². The maximum absolute atomic E-state index is 12.8. The van der Waals surface area contributed by atoms with E-state index in [2.05, 4.69) is 0 Å². The Labute approximate surface area is 164 Å². The molecule has 0 amide bonds. The molecule has 10 heteroatoms. The zero-order chi connectivity index (χ0) is 21.5. The highest BCUT2D eigenvalue weighted by molar-refractivity contribution is 6.01. The predicted molar refractivity (Wildman–Crippen MR) is 101 cm³/mol. The molecule has 0 unspecified atom stereocenters. The van der Waals surface area contributed by atoms with E-state index in [0.717, 1.165) is 34.1 Å². The Morgan fingerprint density at radius 3 is 2.24 bits per heavy atom. The number of aromatic nitrogens is 2. The number of carbonyl (C=O) groups is 1. The number of halogens is 3. The summed E-state index contributed by atoms with van der Waals surface area (Å²) < 4.78 is 40.0.